The van der Waals surface area contributed by atoms with Crippen LogP contribution in [-0.4, -0.2) is 35.9 Å². The van der Waals surface area contributed by atoms with Crippen LogP contribution in [0.1, 0.15) is 25.5 Å². The van der Waals surface area contributed by atoms with E-state index in [0.717, 1.165) is 38.0 Å². The van der Waals surface area contributed by atoms with Crippen LogP contribution in [0.2, 0.25) is 0 Å². The van der Waals surface area contributed by atoms with E-state index in [9.17, 15) is 13.2 Å². The molecule has 20 heavy (non-hydrogen) atoms. The number of nitrogens with zero attached hydrogens (tertiary/aromatic N) is 2. The van der Waals surface area contributed by atoms with Gasteiger partial charge in [-0.3, -0.25) is 4.90 Å². The first-order chi connectivity index (χ1) is 9.48. The second kappa shape index (κ2) is 6.26. The molecule has 0 saturated heterocycles. The fraction of sp³-hybridized carbons (Fsp3) is 0.500. The highest BCUT2D eigenvalue weighted by atomic mass is 19.4. The molecule has 0 aromatic carbocycles. The van der Waals surface area contributed by atoms with E-state index in [4.69, 9.17) is 0 Å². The van der Waals surface area contributed by atoms with Crippen LogP contribution in [0.3, 0.4) is 0 Å². The van der Waals surface area contributed by atoms with Crippen LogP contribution in [0.4, 0.5) is 13.2 Å². The normalized spacial score (nSPS) is 16.9. The van der Waals surface area contributed by atoms with E-state index in [1.807, 2.05) is 6.08 Å². The van der Waals surface area contributed by atoms with Crippen molar-refractivity contribution in [1.29, 1.82) is 0 Å². The van der Waals surface area contributed by atoms with Crippen LogP contribution in [0.25, 0.3) is 5.57 Å². The van der Waals surface area contributed by atoms with Gasteiger partial charge < -0.3 is 4.74 Å². The molecule has 2 rings (SSSR count). The quantitative estimate of drug-likeness (QED) is 0.847. The Hall–Kier alpha value is -1.56. The van der Waals surface area contributed by atoms with E-state index in [2.05, 4.69) is 21.5 Å². The Labute approximate surface area is 116 Å². The summed E-state index contributed by atoms with van der Waals surface area (Å²) in [6.45, 7) is 4.88. The van der Waals surface area contributed by atoms with Gasteiger partial charge in [-0.25, -0.2) is 4.98 Å². The number of hydrogen-bond donors (Lipinski definition) is 0. The number of halogens is 3. The Morgan fingerprint density at radius 2 is 2.15 bits per heavy atom. The molecule has 0 N–H and O–H groups in total. The SMILES string of the molecule is CCCN1CC=C(c2cccc(OC(F)(F)F)n2)CC1. The molecule has 0 aliphatic carbocycles. The molecular formula is C14H17F3N2O. The summed E-state index contributed by atoms with van der Waals surface area (Å²) in [5.41, 5.74) is 1.54. The molecule has 0 atom stereocenters. The second-order valence-electron chi connectivity index (χ2n) is 4.69. The van der Waals surface area contributed by atoms with Gasteiger partial charge in [-0.15, -0.1) is 13.2 Å². The third-order valence-electron chi connectivity index (χ3n) is 3.11. The maximum absolute atomic E-state index is 12.2. The van der Waals surface area contributed by atoms with Crippen molar-refractivity contribution in [2.75, 3.05) is 19.6 Å². The van der Waals surface area contributed by atoms with Crippen LogP contribution < -0.4 is 4.74 Å². The molecule has 0 unspecified atom stereocenters. The molecule has 1 aliphatic rings. The summed E-state index contributed by atoms with van der Waals surface area (Å²) in [4.78, 5) is 6.23. The van der Waals surface area contributed by atoms with E-state index in [1.165, 1.54) is 12.1 Å². The van der Waals surface area contributed by atoms with Gasteiger partial charge in [0, 0.05) is 19.2 Å². The van der Waals surface area contributed by atoms with Gasteiger partial charge in [0.1, 0.15) is 0 Å². The summed E-state index contributed by atoms with van der Waals surface area (Å²) >= 11 is 0. The van der Waals surface area contributed by atoms with Crippen molar-refractivity contribution in [3.05, 3.63) is 30.0 Å². The molecule has 3 nitrogen and oxygen atoms in total. The van der Waals surface area contributed by atoms with Gasteiger partial charge in [-0.2, -0.15) is 0 Å². The van der Waals surface area contributed by atoms with Gasteiger partial charge in [-0.05, 0) is 31.0 Å². The van der Waals surface area contributed by atoms with Gasteiger partial charge in [-0.1, -0.05) is 19.1 Å². The van der Waals surface area contributed by atoms with Crippen molar-refractivity contribution in [3.63, 3.8) is 0 Å². The minimum atomic E-state index is -4.70. The van der Waals surface area contributed by atoms with E-state index in [0.29, 0.717) is 5.69 Å². The molecule has 1 aromatic rings. The Bertz CT molecular complexity index is 486. The molecule has 2 heterocycles. The van der Waals surface area contributed by atoms with Crippen molar-refractivity contribution in [2.24, 2.45) is 0 Å². The summed E-state index contributed by atoms with van der Waals surface area (Å²) < 4.78 is 40.3. The first-order valence-corrected chi connectivity index (χ1v) is 6.62. The summed E-state index contributed by atoms with van der Waals surface area (Å²) in [6.07, 6.45) is -0.790. The molecule has 0 radical (unpaired) electrons. The Balaban J connectivity index is 2.08. The average molecular weight is 286 g/mol. The van der Waals surface area contributed by atoms with Crippen LogP contribution in [0.5, 0.6) is 5.88 Å². The maximum Gasteiger partial charge on any atom is 0.574 e. The van der Waals surface area contributed by atoms with Gasteiger partial charge in [0.2, 0.25) is 5.88 Å². The van der Waals surface area contributed by atoms with Gasteiger partial charge in [0.25, 0.3) is 0 Å². The molecule has 0 bridgehead atoms. The zero-order valence-electron chi connectivity index (χ0n) is 11.3. The van der Waals surface area contributed by atoms with E-state index >= 15 is 0 Å². The first kappa shape index (κ1) is 14.8. The standard InChI is InChI=1S/C14H17F3N2O/c1-2-8-19-9-6-11(7-10-19)12-4-3-5-13(18-12)20-14(15,16)17/h3-6H,2,7-10H2,1H3. The van der Waals surface area contributed by atoms with Crippen molar-refractivity contribution < 1.29 is 17.9 Å². The molecule has 1 aliphatic heterocycles. The van der Waals surface area contributed by atoms with Crippen molar-refractivity contribution in [2.45, 2.75) is 26.1 Å². The molecule has 6 heteroatoms. The molecule has 0 amide bonds. The third-order valence-corrected chi connectivity index (χ3v) is 3.11. The summed E-state index contributed by atoms with van der Waals surface area (Å²) in [5.74, 6) is -0.410. The Kier molecular flexibility index (Phi) is 4.65. The molecule has 0 fully saturated rings. The average Bonchev–Trinajstić information content (AvgIpc) is 2.38. The van der Waals surface area contributed by atoms with Gasteiger partial charge >= 0.3 is 6.36 Å². The topological polar surface area (TPSA) is 25.4 Å². The van der Waals surface area contributed by atoms with Crippen molar-refractivity contribution in [3.8, 4) is 5.88 Å². The summed E-state index contributed by atoms with van der Waals surface area (Å²) in [7, 11) is 0. The molecule has 0 saturated carbocycles. The predicted molar refractivity (Wildman–Crippen MR) is 70.2 cm³/mol. The Morgan fingerprint density at radius 1 is 1.35 bits per heavy atom. The molecule has 1 aromatic heterocycles. The monoisotopic (exact) mass is 286 g/mol. The van der Waals surface area contributed by atoms with E-state index < -0.39 is 12.2 Å². The predicted octanol–water partition coefficient (Wildman–Crippen LogP) is 3.48. The number of ether oxygens (including phenoxy) is 1. The fourth-order valence-corrected chi connectivity index (χ4v) is 2.23. The number of hydrogen-bond acceptors (Lipinski definition) is 3. The van der Waals surface area contributed by atoms with Gasteiger partial charge in [0.05, 0.1) is 5.69 Å². The number of pyridine rings is 1. The van der Waals surface area contributed by atoms with Crippen LogP contribution >= 0.6 is 0 Å². The zero-order chi connectivity index (χ0) is 14.6. The third kappa shape index (κ3) is 4.23. The first-order valence-electron chi connectivity index (χ1n) is 6.62. The lowest BCUT2D eigenvalue weighted by Crippen LogP contribution is -2.29. The highest BCUT2D eigenvalue weighted by Gasteiger charge is 2.31. The number of alkyl halides is 3. The lowest BCUT2D eigenvalue weighted by molar-refractivity contribution is -0.276. The highest BCUT2D eigenvalue weighted by Crippen LogP contribution is 2.25. The fourth-order valence-electron chi connectivity index (χ4n) is 2.23. The van der Waals surface area contributed by atoms with Crippen molar-refractivity contribution in [1.82, 2.24) is 9.88 Å². The smallest absolute Gasteiger partial charge is 0.388 e. The van der Waals surface area contributed by atoms with Gasteiger partial charge in [0.15, 0.2) is 0 Å². The Morgan fingerprint density at radius 3 is 2.75 bits per heavy atom. The van der Waals surface area contributed by atoms with E-state index in [-0.39, 0.29) is 0 Å². The largest absolute Gasteiger partial charge is 0.574 e. The van der Waals surface area contributed by atoms with Crippen LogP contribution in [0, 0.1) is 0 Å². The highest BCUT2D eigenvalue weighted by molar-refractivity contribution is 5.64. The number of rotatable bonds is 4. The zero-order valence-corrected chi connectivity index (χ0v) is 11.3. The second-order valence-corrected chi connectivity index (χ2v) is 4.69. The maximum atomic E-state index is 12.2. The lowest BCUT2D eigenvalue weighted by Gasteiger charge is -2.25. The van der Waals surface area contributed by atoms with Crippen molar-refractivity contribution >= 4 is 5.57 Å². The minimum Gasteiger partial charge on any atom is -0.388 e. The molecular weight excluding hydrogens is 269 g/mol. The number of aromatic nitrogens is 1. The molecule has 0 spiro atoms. The summed E-state index contributed by atoms with van der Waals surface area (Å²) in [6, 6.07) is 4.46. The van der Waals surface area contributed by atoms with E-state index in [1.54, 1.807) is 6.07 Å². The lowest BCUT2D eigenvalue weighted by atomic mass is 10.0. The minimum absolute atomic E-state index is 0.410. The molecule has 110 valence electrons. The summed E-state index contributed by atoms with van der Waals surface area (Å²) in [5, 5.41) is 0. The van der Waals surface area contributed by atoms with Crippen LogP contribution in [-0.2, 0) is 0 Å². The van der Waals surface area contributed by atoms with Crippen LogP contribution in [0.15, 0.2) is 24.3 Å².